The van der Waals surface area contributed by atoms with E-state index >= 15 is 0 Å². The first-order valence-corrected chi connectivity index (χ1v) is 8.07. The third kappa shape index (κ3) is 2.04. The van der Waals surface area contributed by atoms with Crippen LogP contribution in [0.3, 0.4) is 0 Å². The van der Waals surface area contributed by atoms with Crippen molar-refractivity contribution in [3.8, 4) is 0 Å². The van der Waals surface area contributed by atoms with E-state index in [9.17, 15) is 4.79 Å². The van der Waals surface area contributed by atoms with Crippen LogP contribution in [0.5, 0.6) is 0 Å². The van der Waals surface area contributed by atoms with Crippen LogP contribution in [-0.2, 0) is 0 Å². The first-order valence-electron chi connectivity index (χ1n) is 8.07. The fraction of sp³-hybridized carbons (Fsp3) is 0.529. The molecular weight excluding hydrogens is 262 g/mol. The van der Waals surface area contributed by atoms with Gasteiger partial charge in [-0.2, -0.15) is 0 Å². The minimum absolute atomic E-state index is 0.580. The summed E-state index contributed by atoms with van der Waals surface area (Å²) in [5.74, 6) is 1.68. The molecule has 1 aliphatic carbocycles. The number of nitrogens with zero attached hydrogens (tertiary/aromatic N) is 3. The Morgan fingerprint density at radius 3 is 2.81 bits per heavy atom. The maximum absolute atomic E-state index is 11.6. The van der Waals surface area contributed by atoms with E-state index in [1.54, 1.807) is 0 Å². The molecule has 0 bridgehead atoms. The minimum atomic E-state index is 0.580. The third-order valence-corrected chi connectivity index (χ3v) is 5.17. The molecule has 0 spiro atoms. The van der Waals surface area contributed by atoms with Gasteiger partial charge in [0, 0.05) is 18.8 Å². The first-order chi connectivity index (χ1) is 10.4. The molecule has 2 aromatic rings. The van der Waals surface area contributed by atoms with Crippen LogP contribution in [0, 0.1) is 5.92 Å². The van der Waals surface area contributed by atoms with Crippen LogP contribution in [0.1, 0.15) is 49.0 Å². The van der Waals surface area contributed by atoms with E-state index in [1.807, 2.05) is 28.8 Å². The molecule has 4 rings (SSSR count). The molecule has 0 N–H and O–H groups in total. The number of anilines is 1. The lowest BCUT2D eigenvalue weighted by Gasteiger charge is -2.29. The van der Waals surface area contributed by atoms with Gasteiger partial charge in [0.15, 0.2) is 12.1 Å². The number of rotatable bonds is 3. The monoisotopic (exact) mass is 283 g/mol. The van der Waals surface area contributed by atoms with Crippen LogP contribution >= 0.6 is 0 Å². The zero-order chi connectivity index (χ0) is 14.2. The van der Waals surface area contributed by atoms with Gasteiger partial charge in [0.25, 0.3) is 0 Å². The summed E-state index contributed by atoms with van der Waals surface area (Å²) in [4.78, 5) is 18.8. The number of hydrogen-bond acceptors (Lipinski definition) is 3. The van der Waals surface area contributed by atoms with Gasteiger partial charge in [-0.25, -0.2) is 4.98 Å². The molecule has 0 radical (unpaired) electrons. The van der Waals surface area contributed by atoms with Crippen molar-refractivity contribution in [1.82, 2.24) is 9.38 Å². The van der Waals surface area contributed by atoms with Crippen molar-refractivity contribution in [2.75, 3.05) is 11.4 Å². The average molecular weight is 283 g/mol. The van der Waals surface area contributed by atoms with Gasteiger partial charge in [-0.05, 0) is 43.7 Å². The highest BCUT2D eigenvalue weighted by atomic mass is 16.1. The summed E-state index contributed by atoms with van der Waals surface area (Å²) in [6.45, 7) is 1.03. The largest absolute Gasteiger partial charge is 0.351 e. The summed E-state index contributed by atoms with van der Waals surface area (Å²) >= 11 is 0. The Labute approximate surface area is 124 Å². The molecule has 21 heavy (non-hydrogen) atoms. The summed E-state index contributed by atoms with van der Waals surface area (Å²) in [7, 11) is 0. The summed E-state index contributed by atoms with van der Waals surface area (Å²) < 4.78 is 1.91. The van der Waals surface area contributed by atoms with Crippen LogP contribution in [0.2, 0.25) is 0 Å². The first kappa shape index (κ1) is 12.9. The third-order valence-electron chi connectivity index (χ3n) is 5.17. The van der Waals surface area contributed by atoms with Gasteiger partial charge in [0.05, 0.1) is 0 Å². The van der Waals surface area contributed by atoms with Crippen molar-refractivity contribution >= 4 is 17.8 Å². The Morgan fingerprint density at radius 1 is 1.14 bits per heavy atom. The van der Waals surface area contributed by atoms with Gasteiger partial charge in [0.1, 0.15) is 11.3 Å². The van der Waals surface area contributed by atoms with Crippen molar-refractivity contribution in [1.29, 1.82) is 0 Å². The van der Waals surface area contributed by atoms with Crippen LogP contribution < -0.4 is 4.90 Å². The van der Waals surface area contributed by atoms with Crippen LogP contribution in [-0.4, -0.2) is 28.3 Å². The fourth-order valence-corrected chi connectivity index (χ4v) is 4.21. The predicted molar refractivity (Wildman–Crippen MR) is 82.9 cm³/mol. The van der Waals surface area contributed by atoms with Crippen molar-refractivity contribution < 1.29 is 4.79 Å². The lowest BCUT2D eigenvalue weighted by atomic mass is 9.96. The number of aldehydes is 1. The molecule has 1 saturated carbocycles. The maximum Gasteiger partial charge on any atom is 0.170 e. The van der Waals surface area contributed by atoms with E-state index in [0.717, 1.165) is 30.2 Å². The predicted octanol–water partition coefficient (Wildman–Crippen LogP) is 3.31. The summed E-state index contributed by atoms with van der Waals surface area (Å²) in [5, 5.41) is 0. The van der Waals surface area contributed by atoms with E-state index in [0.29, 0.717) is 11.7 Å². The topological polar surface area (TPSA) is 37.6 Å². The average Bonchev–Trinajstić information content (AvgIpc) is 3.24. The van der Waals surface area contributed by atoms with E-state index < -0.39 is 0 Å². The minimum Gasteiger partial charge on any atom is -0.351 e. The molecule has 0 aromatic carbocycles. The second-order valence-electron chi connectivity index (χ2n) is 6.31. The highest BCUT2D eigenvalue weighted by Gasteiger charge is 2.35. The number of aromatic nitrogens is 2. The number of carbonyl (C=O) groups excluding carboxylic acids is 1. The quantitative estimate of drug-likeness (QED) is 0.811. The smallest absolute Gasteiger partial charge is 0.170 e. The number of pyridine rings is 1. The SMILES string of the molecule is O=Cc1c(N2CCCC2C2CCCC2)nc2ccccn12. The maximum atomic E-state index is 11.6. The Bertz CT molecular complexity index is 657. The van der Waals surface area contributed by atoms with Gasteiger partial charge < -0.3 is 4.90 Å². The molecule has 4 nitrogen and oxygen atoms in total. The number of imidazole rings is 1. The van der Waals surface area contributed by atoms with Gasteiger partial charge in [-0.3, -0.25) is 9.20 Å². The Balaban J connectivity index is 1.76. The summed E-state index contributed by atoms with van der Waals surface area (Å²) in [6.07, 6.45) is 10.7. The molecule has 2 aromatic heterocycles. The fourth-order valence-electron chi connectivity index (χ4n) is 4.21. The van der Waals surface area contributed by atoms with Crippen LogP contribution in [0.15, 0.2) is 24.4 Å². The molecule has 2 aliphatic rings. The van der Waals surface area contributed by atoms with E-state index in [4.69, 9.17) is 4.98 Å². The molecule has 2 fully saturated rings. The second-order valence-corrected chi connectivity index (χ2v) is 6.31. The standard InChI is InChI=1S/C17H21N3O/c21-12-15-17(18-16-9-3-4-10-19(15)16)20-11-5-8-14(20)13-6-1-2-7-13/h3-4,9-10,12-14H,1-2,5-8,11H2. The van der Waals surface area contributed by atoms with Crippen molar-refractivity contribution in [2.45, 2.75) is 44.6 Å². The van der Waals surface area contributed by atoms with Gasteiger partial charge in [-0.15, -0.1) is 0 Å². The van der Waals surface area contributed by atoms with Gasteiger partial charge in [-0.1, -0.05) is 18.9 Å². The number of hydrogen-bond donors (Lipinski definition) is 0. The molecule has 1 unspecified atom stereocenters. The van der Waals surface area contributed by atoms with Crippen molar-refractivity contribution in [3.05, 3.63) is 30.1 Å². The number of fused-ring (bicyclic) bond motifs is 1. The lowest BCUT2D eigenvalue weighted by molar-refractivity contribution is 0.111. The summed E-state index contributed by atoms with van der Waals surface area (Å²) in [6, 6.07) is 6.47. The van der Waals surface area contributed by atoms with Crippen LogP contribution in [0.25, 0.3) is 5.65 Å². The van der Waals surface area contributed by atoms with Gasteiger partial charge >= 0.3 is 0 Å². The zero-order valence-electron chi connectivity index (χ0n) is 12.2. The Hall–Kier alpha value is -1.84. The highest BCUT2D eigenvalue weighted by molar-refractivity contribution is 5.83. The normalized spacial score (nSPS) is 23.2. The zero-order valence-corrected chi connectivity index (χ0v) is 12.2. The molecule has 4 heteroatoms. The van der Waals surface area contributed by atoms with Crippen molar-refractivity contribution in [3.63, 3.8) is 0 Å². The number of carbonyl (C=O) groups is 1. The van der Waals surface area contributed by atoms with Crippen molar-refractivity contribution in [2.24, 2.45) is 5.92 Å². The Morgan fingerprint density at radius 2 is 2.00 bits per heavy atom. The molecule has 1 aliphatic heterocycles. The van der Waals surface area contributed by atoms with E-state index in [-0.39, 0.29) is 0 Å². The molecular formula is C17H21N3O. The Kier molecular flexibility index (Phi) is 3.17. The molecule has 0 amide bonds. The van der Waals surface area contributed by atoms with E-state index in [2.05, 4.69) is 4.90 Å². The molecule has 1 saturated heterocycles. The van der Waals surface area contributed by atoms with Gasteiger partial charge in [0.2, 0.25) is 0 Å². The molecule has 3 heterocycles. The van der Waals surface area contributed by atoms with Crippen LogP contribution in [0.4, 0.5) is 5.82 Å². The molecule has 1 atom stereocenters. The second kappa shape index (κ2) is 5.17. The lowest BCUT2D eigenvalue weighted by Crippen LogP contribution is -2.35. The molecule has 110 valence electrons. The van der Waals surface area contributed by atoms with E-state index in [1.165, 1.54) is 38.5 Å². The summed E-state index contributed by atoms with van der Waals surface area (Å²) in [5.41, 5.74) is 1.57. The highest BCUT2D eigenvalue weighted by Crippen LogP contribution is 2.38.